The molecule has 1 fully saturated rings. The van der Waals surface area contributed by atoms with E-state index in [2.05, 4.69) is 10.2 Å². The first-order chi connectivity index (χ1) is 11.1. The van der Waals surface area contributed by atoms with Gasteiger partial charge in [-0.1, -0.05) is 24.3 Å². The second kappa shape index (κ2) is 6.71. The number of hydrogen-bond acceptors (Lipinski definition) is 4. The van der Waals surface area contributed by atoms with Crippen molar-refractivity contribution in [1.82, 2.24) is 0 Å². The van der Waals surface area contributed by atoms with E-state index < -0.39 is 0 Å². The number of nitrogens with zero attached hydrogens (tertiary/aromatic N) is 1. The van der Waals surface area contributed by atoms with Crippen LogP contribution in [0.25, 0.3) is 0 Å². The molecule has 1 heterocycles. The zero-order valence-electron chi connectivity index (χ0n) is 12.8. The van der Waals surface area contributed by atoms with Crippen LogP contribution in [0.4, 0.5) is 11.4 Å². The molecule has 1 amide bonds. The number of para-hydroxylation sites is 3. The van der Waals surface area contributed by atoms with Gasteiger partial charge >= 0.3 is 0 Å². The summed E-state index contributed by atoms with van der Waals surface area (Å²) in [5.41, 5.74) is 1.89. The predicted octanol–water partition coefficient (Wildman–Crippen LogP) is 2.61. The highest BCUT2D eigenvalue weighted by molar-refractivity contribution is 6.07. The van der Waals surface area contributed by atoms with Gasteiger partial charge in [0.05, 0.1) is 23.0 Å². The number of carbonyl (C=O) groups excluding carboxylic acids is 1. The topological polar surface area (TPSA) is 72.8 Å². The molecule has 1 aliphatic rings. The Morgan fingerprint density at radius 2 is 1.70 bits per heavy atom. The van der Waals surface area contributed by atoms with Crippen LogP contribution < -0.4 is 10.2 Å². The Kier molecular flexibility index (Phi) is 4.48. The Bertz CT molecular complexity index is 694. The highest BCUT2D eigenvalue weighted by Crippen LogP contribution is 2.29. The number of aromatic hydroxyl groups is 1. The number of piperidine rings is 1. The fraction of sp³-hybridized carbons (Fsp3) is 0.278. The highest BCUT2D eigenvalue weighted by atomic mass is 16.3. The number of rotatable bonds is 3. The zero-order chi connectivity index (χ0) is 16.2. The fourth-order valence-electron chi connectivity index (χ4n) is 2.82. The Labute approximate surface area is 135 Å². The van der Waals surface area contributed by atoms with Crippen LogP contribution >= 0.6 is 0 Å². The van der Waals surface area contributed by atoms with E-state index in [-0.39, 0.29) is 23.3 Å². The molecule has 0 aromatic heterocycles. The maximum Gasteiger partial charge on any atom is 0.259 e. The third-order valence-corrected chi connectivity index (χ3v) is 4.11. The number of phenolic OH excluding ortho intramolecular Hbond substituents is 1. The molecule has 5 nitrogen and oxygen atoms in total. The van der Waals surface area contributed by atoms with E-state index in [1.165, 1.54) is 6.07 Å². The van der Waals surface area contributed by atoms with Crippen molar-refractivity contribution in [2.24, 2.45) is 0 Å². The number of amides is 1. The van der Waals surface area contributed by atoms with Crippen LogP contribution in [0.2, 0.25) is 0 Å². The van der Waals surface area contributed by atoms with Gasteiger partial charge in [-0.2, -0.15) is 0 Å². The van der Waals surface area contributed by atoms with Gasteiger partial charge in [0.2, 0.25) is 0 Å². The zero-order valence-corrected chi connectivity index (χ0v) is 12.8. The van der Waals surface area contributed by atoms with Gasteiger partial charge in [-0.15, -0.1) is 0 Å². The van der Waals surface area contributed by atoms with Crippen molar-refractivity contribution < 1.29 is 15.0 Å². The van der Waals surface area contributed by atoms with E-state index in [1.807, 2.05) is 24.3 Å². The summed E-state index contributed by atoms with van der Waals surface area (Å²) in [6, 6.07) is 14.1. The molecular weight excluding hydrogens is 292 g/mol. The largest absolute Gasteiger partial charge is 0.507 e. The summed E-state index contributed by atoms with van der Waals surface area (Å²) in [5.74, 6) is -0.379. The number of carbonyl (C=O) groups is 1. The minimum Gasteiger partial charge on any atom is -0.507 e. The average Bonchev–Trinajstić information content (AvgIpc) is 2.56. The lowest BCUT2D eigenvalue weighted by atomic mass is 10.1. The van der Waals surface area contributed by atoms with Crippen molar-refractivity contribution in [1.29, 1.82) is 0 Å². The van der Waals surface area contributed by atoms with E-state index in [0.717, 1.165) is 31.6 Å². The molecule has 0 saturated carbocycles. The molecule has 3 N–H and O–H groups in total. The molecule has 0 bridgehead atoms. The lowest BCUT2D eigenvalue weighted by Crippen LogP contribution is -2.36. The van der Waals surface area contributed by atoms with Gasteiger partial charge in [-0.3, -0.25) is 4.79 Å². The molecule has 0 atom stereocenters. The smallest absolute Gasteiger partial charge is 0.259 e. The molecule has 2 aromatic rings. The van der Waals surface area contributed by atoms with Crippen LogP contribution in [-0.4, -0.2) is 35.3 Å². The maximum atomic E-state index is 12.4. The lowest BCUT2D eigenvalue weighted by molar-refractivity contribution is 0.102. The van der Waals surface area contributed by atoms with Gasteiger partial charge in [-0.25, -0.2) is 0 Å². The van der Waals surface area contributed by atoms with Crippen molar-refractivity contribution in [2.45, 2.75) is 18.9 Å². The highest BCUT2D eigenvalue weighted by Gasteiger charge is 2.20. The number of anilines is 2. The van der Waals surface area contributed by atoms with Crippen molar-refractivity contribution in [3.05, 3.63) is 54.1 Å². The second-order valence-corrected chi connectivity index (χ2v) is 5.71. The molecule has 0 aliphatic carbocycles. The van der Waals surface area contributed by atoms with Gasteiger partial charge in [0.25, 0.3) is 5.91 Å². The Balaban J connectivity index is 1.81. The van der Waals surface area contributed by atoms with Crippen LogP contribution in [0.1, 0.15) is 23.2 Å². The minimum absolute atomic E-state index is 0.0384. The summed E-state index contributed by atoms with van der Waals surface area (Å²) in [4.78, 5) is 14.6. The first-order valence-corrected chi connectivity index (χ1v) is 7.76. The van der Waals surface area contributed by atoms with Gasteiger partial charge in [0.15, 0.2) is 0 Å². The molecule has 120 valence electrons. The third kappa shape index (κ3) is 3.46. The van der Waals surface area contributed by atoms with Gasteiger partial charge in [0, 0.05) is 13.1 Å². The average molecular weight is 312 g/mol. The summed E-state index contributed by atoms with van der Waals surface area (Å²) in [6.45, 7) is 1.51. The van der Waals surface area contributed by atoms with Crippen LogP contribution in [0, 0.1) is 0 Å². The minimum atomic E-state index is -0.340. The summed E-state index contributed by atoms with van der Waals surface area (Å²) in [6.07, 6.45) is 1.21. The summed E-state index contributed by atoms with van der Waals surface area (Å²) >= 11 is 0. The molecule has 3 rings (SSSR count). The van der Waals surface area contributed by atoms with E-state index in [4.69, 9.17) is 0 Å². The molecule has 1 aliphatic heterocycles. The monoisotopic (exact) mass is 312 g/mol. The van der Waals surface area contributed by atoms with Crippen LogP contribution in [0.15, 0.2) is 48.5 Å². The van der Waals surface area contributed by atoms with E-state index in [1.54, 1.807) is 18.2 Å². The Morgan fingerprint density at radius 3 is 2.43 bits per heavy atom. The van der Waals surface area contributed by atoms with E-state index >= 15 is 0 Å². The molecular formula is C18H20N2O3. The number of aliphatic hydroxyl groups excluding tert-OH is 1. The van der Waals surface area contributed by atoms with Crippen molar-refractivity contribution >= 4 is 17.3 Å². The number of phenols is 1. The van der Waals surface area contributed by atoms with Gasteiger partial charge < -0.3 is 20.4 Å². The fourth-order valence-corrected chi connectivity index (χ4v) is 2.82. The summed E-state index contributed by atoms with van der Waals surface area (Å²) < 4.78 is 0. The summed E-state index contributed by atoms with van der Waals surface area (Å²) in [5, 5.41) is 22.3. The molecule has 1 saturated heterocycles. The third-order valence-electron chi connectivity index (χ3n) is 4.11. The molecule has 0 radical (unpaired) electrons. The predicted molar refractivity (Wildman–Crippen MR) is 90.0 cm³/mol. The first kappa shape index (κ1) is 15.4. The van der Waals surface area contributed by atoms with Crippen molar-refractivity contribution in [3.8, 4) is 5.75 Å². The van der Waals surface area contributed by atoms with E-state index in [0.29, 0.717) is 5.69 Å². The SMILES string of the molecule is O=C(Nc1ccccc1N1CCC(O)CC1)c1ccccc1O. The molecule has 5 heteroatoms. The van der Waals surface area contributed by atoms with Crippen LogP contribution in [-0.2, 0) is 0 Å². The number of benzene rings is 2. The van der Waals surface area contributed by atoms with Crippen molar-refractivity contribution in [3.63, 3.8) is 0 Å². The van der Waals surface area contributed by atoms with Crippen LogP contribution in [0.3, 0.4) is 0 Å². The second-order valence-electron chi connectivity index (χ2n) is 5.71. The number of aliphatic hydroxyl groups is 1. The van der Waals surface area contributed by atoms with Gasteiger partial charge in [-0.05, 0) is 37.1 Å². The molecule has 2 aromatic carbocycles. The molecule has 23 heavy (non-hydrogen) atoms. The van der Waals surface area contributed by atoms with E-state index in [9.17, 15) is 15.0 Å². The maximum absolute atomic E-state index is 12.4. The first-order valence-electron chi connectivity index (χ1n) is 7.76. The Hall–Kier alpha value is -2.53. The lowest BCUT2D eigenvalue weighted by Gasteiger charge is -2.32. The summed E-state index contributed by atoms with van der Waals surface area (Å²) in [7, 11) is 0. The Morgan fingerprint density at radius 1 is 1.04 bits per heavy atom. The van der Waals surface area contributed by atoms with Crippen LogP contribution in [0.5, 0.6) is 5.75 Å². The standard InChI is InChI=1S/C18H20N2O3/c21-13-9-11-20(12-10-13)16-7-3-2-6-15(16)19-18(23)14-5-1-4-8-17(14)22/h1-8,13,21-22H,9-12H2,(H,19,23). The number of hydrogen-bond donors (Lipinski definition) is 3. The molecule has 0 unspecified atom stereocenters. The molecule has 0 spiro atoms. The van der Waals surface area contributed by atoms with Crippen molar-refractivity contribution in [2.75, 3.05) is 23.3 Å². The van der Waals surface area contributed by atoms with Gasteiger partial charge in [0.1, 0.15) is 5.75 Å². The quantitative estimate of drug-likeness (QED) is 0.814. The number of nitrogens with one attached hydrogen (secondary N) is 1. The normalized spacial score (nSPS) is 15.4.